The van der Waals surface area contributed by atoms with Crippen LogP contribution in [0.25, 0.3) is 0 Å². The molecule has 0 amide bonds. The number of likely N-dealkylation sites (N-methyl/N-ethyl adjacent to an activating group) is 1. The van der Waals surface area contributed by atoms with Gasteiger partial charge in [-0.1, -0.05) is 13.8 Å². The van der Waals surface area contributed by atoms with E-state index in [4.69, 9.17) is 4.42 Å². The van der Waals surface area contributed by atoms with Gasteiger partial charge in [-0.25, -0.2) is 0 Å². The van der Waals surface area contributed by atoms with Crippen molar-refractivity contribution in [2.75, 3.05) is 13.6 Å². The van der Waals surface area contributed by atoms with Crippen molar-refractivity contribution in [1.82, 2.24) is 5.32 Å². The zero-order valence-corrected chi connectivity index (χ0v) is 9.26. The molecule has 1 aliphatic rings. The van der Waals surface area contributed by atoms with E-state index in [0.29, 0.717) is 11.8 Å². The quantitative estimate of drug-likeness (QED) is 0.798. The highest BCUT2D eigenvalue weighted by molar-refractivity contribution is 5.31. The van der Waals surface area contributed by atoms with Crippen LogP contribution in [0.5, 0.6) is 0 Å². The van der Waals surface area contributed by atoms with Crippen LogP contribution in [0.2, 0.25) is 0 Å². The van der Waals surface area contributed by atoms with Gasteiger partial charge >= 0.3 is 0 Å². The lowest BCUT2D eigenvalue weighted by Crippen LogP contribution is -2.14. The second-order valence-corrected chi connectivity index (χ2v) is 4.48. The molecule has 2 rings (SSSR count). The summed E-state index contributed by atoms with van der Waals surface area (Å²) in [5, 5.41) is 3.25. The Morgan fingerprint density at radius 2 is 2.36 bits per heavy atom. The molecule has 1 aliphatic carbocycles. The first-order chi connectivity index (χ1) is 6.72. The Morgan fingerprint density at radius 1 is 1.57 bits per heavy atom. The smallest absolute Gasteiger partial charge is 0.107 e. The van der Waals surface area contributed by atoms with Gasteiger partial charge in [-0.15, -0.1) is 0 Å². The Morgan fingerprint density at radius 3 is 3.00 bits per heavy atom. The highest BCUT2D eigenvalue weighted by Gasteiger charge is 2.26. The van der Waals surface area contributed by atoms with Crippen molar-refractivity contribution < 1.29 is 4.42 Å². The van der Waals surface area contributed by atoms with Crippen LogP contribution in [0.3, 0.4) is 0 Å². The molecule has 0 aliphatic heterocycles. The number of hydrogen-bond acceptors (Lipinski definition) is 2. The second kappa shape index (κ2) is 3.77. The van der Waals surface area contributed by atoms with E-state index in [1.807, 2.05) is 7.05 Å². The summed E-state index contributed by atoms with van der Waals surface area (Å²) in [5.41, 5.74) is 1.45. The van der Waals surface area contributed by atoms with Gasteiger partial charge in [0, 0.05) is 24.8 Å². The third kappa shape index (κ3) is 1.59. The zero-order chi connectivity index (χ0) is 10.1. The largest absolute Gasteiger partial charge is 0.466 e. The molecule has 0 spiro atoms. The van der Waals surface area contributed by atoms with Crippen molar-refractivity contribution in [1.29, 1.82) is 0 Å². The number of nitrogens with one attached hydrogen (secondary N) is 1. The first-order valence-corrected chi connectivity index (χ1v) is 5.49. The highest BCUT2D eigenvalue weighted by Crippen LogP contribution is 2.36. The molecule has 0 saturated heterocycles. The summed E-state index contributed by atoms with van der Waals surface area (Å²) in [7, 11) is 2.02. The van der Waals surface area contributed by atoms with Crippen molar-refractivity contribution >= 4 is 0 Å². The van der Waals surface area contributed by atoms with Crippen LogP contribution >= 0.6 is 0 Å². The van der Waals surface area contributed by atoms with E-state index in [0.717, 1.165) is 18.7 Å². The van der Waals surface area contributed by atoms with E-state index >= 15 is 0 Å². The molecule has 1 aromatic heterocycles. The molecule has 1 heterocycles. The minimum absolute atomic E-state index is 0.510. The Hall–Kier alpha value is -0.760. The predicted octanol–water partition coefficient (Wildman–Crippen LogP) is 2.65. The van der Waals surface area contributed by atoms with Gasteiger partial charge in [0.05, 0.1) is 0 Å². The van der Waals surface area contributed by atoms with E-state index in [9.17, 15) is 0 Å². The maximum absolute atomic E-state index is 5.84. The molecule has 1 unspecified atom stereocenters. The fraction of sp³-hybridized carbons (Fsp3) is 0.667. The summed E-state index contributed by atoms with van der Waals surface area (Å²) in [4.78, 5) is 0. The molecule has 1 aromatic rings. The van der Waals surface area contributed by atoms with Gasteiger partial charge in [-0.2, -0.15) is 0 Å². The van der Waals surface area contributed by atoms with Gasteiger partial charge in [0.1, 0.15) is 11.5 Å². The molecular weight excluding hydrogens is 174 g/mol. The highest BCUT2D eigenvalue weighted by atomic mass is 16.3. The van der Waals surface area contributed by atoms with Crippen LogP contribution in [0.1, 0.15) is 49.2 Å². The normalized spacial score (nSPS) is 20.4. The minimum Gasteiger partial charge on any atom is -0.466 e. The number of rotatable bonds is 3. The average Bonchev–Trinajstić information content (AvgIpc) is 2.67. The van der Waals surface area contributed by atoms with E-state index in [1.165, 1.54) is 17.7 Å². The van der Waals surface area contributed by atoms with Crippen molar-refractivity contribution in [3.8, 4) is 0 Å². The van der Waals surface area contributed by atoms with Gasteiger partial charge in [0.2, 0.25) is 0 Å². The van der Waals surface area contributed by atoms with E-state index in [1.54, 1.807) is 0 Å². The van der Waals surface area contributed by atoms with E-state index in [2.05, 4.69) is 25.2 Å². The molecular formula is C12H19NO. The van der Waals surface area contributed by atoms with E-state index in [-0.39, 0.29) is 0 Å². The fourth-order valence-electron chi connectivity index (χ4n) is 2.21. The Labute approximate surface area is 85.7 Å². The standard InChI is InChI=1S/C12H19NO/c1-8(2)12-6-10-9(7-13-3)4-5-11(10)14-12/h6,8-9,13H,4-5,7H2,1-3H3. The predicted molar refractivity (Wildman–Crippen MR) is 57.8 cm³/mol. The Kier molecular flexibility index (Phi) is 2.64. The van der Waals surface area contributed by atoms with Crippen molar-refractivity contribution in [3.05, 3.63) is 23.2 Å². The summed E-state index contributed by atoms with van der Waals surface area (Å²) in [6.07, 6.45) is 2.36. The molecule has 0 aromatic carbocycles. The Balaban J connectivity index is 2.21. The van der Waals surface area contributed by atoms with Gasteiger partial charge in [0.25, 0.3) is 0 Å². The minimum atomic E-state index is 0.510. The number of fused-ring (bicyclic) bond motifs is 1. The molecule has 0 saturated carbocycles. The average molecular weight is 193 g/mol. The molecule has 14 heavy (non-hydrogen) atoms. The van der Waals surface area contributed by atoms with E-state index < -0.39 is 0 Å². The first kappa shape index (κ1) is 9.78. The van der Waals surface area contributed by atoms with Crippen LogP contribution in [0.15, 0.2) is 10.5 Å². The number of hydrogen-bond donors (Lipinski definition) is 1. The molecule has 0 fully saturated rings. The summed E-state index contributed by atoms with van der Waals surface area (Å²) in [6.45, 7) is 5.44. The van der Waals surface area contributed by atoms with Crippen LogP contribution in [0, 0.1) is 0 Å². The lowest BCUT2D eigenvalue weighted by Gasteiger charge is -2.07. The van der Waals surface area contributed by atoms with Crippen LogP contribution in [0.4, 0.5) is 0 Å². The maximum atomic E-state index is 5.84. The molecule has 1 N–H and O–H groups in total. The lowest BCUT2D eigenvalue weighted by molar-refractivity contribution is 0.449. The summed E-state index contributed by atoms with van der Waals surface area (Å²) >= 11 is 0. The monoisotopic (exact) mass is 193 g/mol. The molecule has 2 heteroatoms. The van der Waals surface area contributed by atoms with Gasteiger partial charge in [-0.05, 0) is 25.1 Å². The third-order valence-electron chi connectivity index (χ3n) is 3.04. The van der Waals surface area contributed by atoms with Gasteiger partial charge < -0.3 is 9.73 Å². The third-order valence-corrected chi connectivity index (χ3v) is 3.04. The van der Waals surface area contributed by atoms with Gasteiger partial charge in [0.15, 0.2) is 0 Å². The summed E-state index contributed by atoms with van der Waals surface area (Å²) in [6, 6.07) is 2.26. The second-order valence-electron chi connectivity index (χ2n) is 4.48. The van der Waals surface area contributed by atoms with Crippen LogP contribution in [-0.2, 0) is 6.42 Å². The molecule has 0 bridgehead atoms. The summed E-state index contributed by atoms with van der Waals surface area (Å²) < 4.78 is 5.84. The number of furan rings is 1. The molecule has 2 nitrogen and oxygen atoms in total. The van der Waals surface area contributed by atoms with Crippen molar-refractivity contribution in [2.24, 2.45) is 0 Å². The fourth-order valence-corrected chi connectivity index (χ4v) is 2.21. The van der Waals surface area contributed by atoms with Gasteiger partial charge in [-0.3, -0.25) is 0 Å². The topological polar surface area (TPSA) is 25.2 Å². The van der Waals surface area contributed by atoms with Crippen LogP contribution < -0.4 is 5.32 Å². The molecule has 1 atom stereocenters. The Bertz CT molecular complexity index is 314. The van der Waals surface area contributed by atoms with Crippen LogP contribution in [-0.4, -0.2) is 13.6 Å². The lowest BCUT2D eigenvalue weighted by atomic mass is 10.0. The first-order valence-electron chi connectivity index (χ1n) is 5.49. The SMILES string of the molecule is CNCC1CCc2oc(C(C)C)cc21. The molecule has 0 radical (unpaired) electrons. The zero-order valence-electron chi connectivity index (χ0n) is 9.26. The molecule has 78 valence electrons. The summed E-state index contributed by atoms with van der Waals surface area (Å²) in [5.74, 6) is 3.56. The maximum Gasteiger partial charge on any atom is 0.107 e. The van der Waals surface area contributed by atoms with Crippen molar-refractivity contribution in [2.45, 2.75) is 38.5 Å². The van der Waals surface area contributed by atoms with Crippen molar-refractivity contribution in [3.63, 3.8) is 0 Å². The number of aryl methyl sites for hydroxylation is 1.